The average Bonchev–Trinajstić information content (AvgIpc) is 3.31. The Morgan fingerprint density at radius 3 is 2.66 bits per heavy atom. The second-order valence-electron chi connectivity index (χ2n) is 7.15. The van der Waals surface area contributed by atoms with Crippen molar-refractivity contribution in [1.29, 1.82) is 0 Å². The summed E-state index contributed by atoms with van der Waals surface area (Å²) < 4.78 is 20.3. The van der Waals surface area contributed by atoms with Gasteiger partial charge in [0.25, 0.3) is 5.91 Å². The van der Waals surface area contributed by atoms with Crippen molar-refractivity contribution >= 4 is 16.9 Å². The molecule has 2 N–H and O–H groups in total. The first-order valence-electron chi connectivity index (χ1n) is 9.13. The van der Waals surface area contributed by atoms with E-state index in [-0.39, 0.29) is 18.3 Å². The van der Waals surface area contributed by atoms with Gasteiger partial charge in [0.2, 0.25) is 0 Å². The number of rotatable bonds is 5. The minimum absolute atomic E-state index is 0.0390. The minimum atomic E-state index is -1.38. The van der Waals surface area contributed by atoms with Gasteiger partial charge in [0, 0.05) is 18.0 Å². The second-order valence-corrected chi connectivity index (χ2v) is 7.15. The number of hydrogen-bond donors (Lipinski definition) is 2. The standard InChI is InChI=1S/C22H20FN3O3/c1-22(28,20-11-15-5-3-4-6-19(15)29-20)13-24-21(27)18-12-17(25-26(18)2)14-7-9-16(23)10-8-14/h3-12,28H,13H2,1-2H3,(H,24,27). The van der Waals surface area contributed by atoms with Crippen LogP contribution in [0.5, 0.6) is 0 Å². The molecule has 6 nitrogen and oxygen atoms in total. The van der Waals surface area contributed by atoms with E-state index in [4.69, 9.17) is 4.42 Å². The minimum Gasteiger partial charge on any atom is -0.458 e. The zero-order valence-electron chi connectivity index (χ0n) is 16.0. The molecule has 0 radical (unpaired) electrons. The zero-order chi connectivity index (χ0) is 20.6. The Bertz CT molecular complexity index is 1140. The Labute approximate surface area is 166 Å². The lowest BCUT2D eigenvalue weighted by molar-refractivity contribution is 0.0343. The number of carbonyl (C=O) groups excluding carboxylic acids is 1. The predicted molar refractivity (Wildman–Crippen MR) is 107 cm³/mol. The number of furan rings is 1. The van der Waals surface area contributed by atoms with Crippen LogP contribution in [0.2, 0.25) is 0 Å². The SMILES string of the molecule is Cn1nc(-c2ccc(F)cc2)cc1C(=O)NCC(C)(O)c1cc2ccccc2o1. The van der Waals surface area contributed by atoms with Crippen LogP contribution in [0.3, 0.4) is 0 Å². The number of carbonyl (C=O) groups is 1. The van der Waals surface area contributed by atoms with E-state index in [2.05, 4.69) is 10.4 Å². The molecule has 0 fully saturated rings. The molecule has 2 heterocycles. The Balaban J connectivity index is 1.49. The van der Waals surface area contributed by atoms with E-state index in [0.717, 1.165) is 5.39 Å². The number of benzene rings is 2. The van der Waals surface area contributed by atoms with Gasteiger partial charge in [0.15, 0.2) is 0 Å². The van der Waals surface area contributed by atoms with E-state index in [1.54, 1.807) is 38.2 Å². The largest absolute Gasteiger partial charge is 0.458 e. The molecular weight excluding hydrogens is 373 g/mol. The van der Waals surface area contributed by atoms with Gasteiger partial charge >= 0.3 is 0 Å². The zero-order valence-corrected chi connectivity index (χ0v) is 16.0. The summed E-state index contributed by atoms with van der Waals surface area (Å²) in [6.45, 7) is 1.54. The maximum absolute atomic E-state index is 13.1. The molecule has 0 aliphatic carbocycles. The number of aryl methyl sites for hydroxylation is 1. The number of fused-ring (bicyclic) bond motifs is 1. The molecule has 0 saturated heterocycles. The summed E-state index contributed by atoms with van der Waals surface area (Å²) in [6.07, 6.45) is 0. The molecule has 148 valence electrons. The van der Waals surface area contributed by atoms with Gasteiger partial charge in [-0.3, -0.25) is 9.48 Å². The molecule has 1 amide bonds. The van der Waals surface area contributed by atoms with Crippen molar-refractivity contribution in [3.8, 4) is 11.3 Å². The molecule has 4 rings (SSSR count). The number of halogens is 1. The van der Waals surface area contributed by atoms with Crippen LogP contribution in [-0.2, 0) is 12.6 Å². The number of hydrogen-bond acceptors (Lipinski definition) is 4. The van der Waals surface area contributed by atoms with Crippen LogP contribution < -0.4 is 5.32 Å². The van der Waals surface area contributed by atoms with Crippen LogP contribution in [0.1, 0.15) is 23.2 Å². The van der Waals surface area contributed by atoms with Crippen molar-refractivity contribution in [2.75, 3.05) is 6.54 Å². The molecule has 4 aromatic rings. The quantitative estimate of drug-likeness (QED) is 0.543. The molecule has 0 bridgehead atoms. The number of aliphatic hydroxyl groups is 1. The molecule has 7 heteroatoms. The normalized spacial score (nSPS) is 13.4. The third-order valence-corrected chi connectivity index (χ3v) is 4.80. The summed E-state index contributed by atoms with van der Waals surface area (Å²) in [5.41, 5.74) is 0.874. The summed E-state index contributed by atoms with van der Waals surface area (Å²) in [7, 11) is 1.65. The Kier molecular flexibility index (Phi) is 4.68. The van der Waals surface area contributed by atoms with Gasteiger partial charge in [-0.15, -0.1) is 0 Å². The van der Waals surface area contributed by atoms with Crippen LogP contribution in [0, 0.1) is 5.82 Å². The van der Waals surface area contributed by atoms with Gasteiger partial charge in [-0.1, -0.05) is 18.2 Å². The Morgan fingerprint density at radius 1 is 1.21 bits per heavy atom. The van der Waals surface area contributed by atoms with E-state index in [0.29, 0.717) is 28.3 Å². The maximum Gasteiger partial charge on any atom is 0.269 e. The fourth-order valence-corrected chi connectivity index (χ4v) is 3.12. The third kappa shape index (κ3) is 3.77. The van der Waals surface area contributed by atoms with Gasteiger partial charge in [-0.05, 0) is 49.4 Å². The highest BCUT2D eigenvalue weighted by Crippen LogP contribution is 2.27. The van der Waals surface area contributed by atoms with Crippen LogP contribution in [0.25, 0.3) is 22.2 Å². The molecule has 1 atom stereocenters. The van der Waals surface area contributed by atoms with E-state index >= 15 is 0 Å². The average molecular weight is 393 g/mol. The Hall–Kier alpha value is -3.45. The van der Waals surface area contributed by atoms with Gasteiger partial charge < -0.3 is 14.8 Å². The van der Waals surface area contributed by atoms with Crippen molar-refractivity contribution in [2.24, 2.45) is 7.05 Å². The van der Waals surface area contributed by atoms with Crippen molar-refractivity contribution in [3.05, 3.63) is 77.9 Å². The van der Waals surface area contributed by atoms with Crippen LogP contribution >= 0.6 is 0 Å². The van der Waals surface area contributed by atoms with E-state index in [1.165, 1.54) is 16.8 Å². The van der Waals surface area contributed by atoms with E-state index < -0.39 is 5.60 Å². The molecular formula is C22H20FN3O3. The fourth-order valence-electron chi connectivity index (χ4n) is 3.12. The van der Waals surface area contributed by atoms with Crippen molar-refractivity contribution in [3.63, 3.8) is 0 Å². The second kappa shape index (κ2) is 7.18. The first kappa shape index (κ1) is 18.9. The van der Waals surface area contributed by atoms with Gasteiger partial charge in [0.05, 0.1) is 12.2 Å². The lowest BCUT2D eigenvalue weighted by atomic mass is 10.0. The number of nitrogens with zero attached hydrogens (tertiary/aromatic N) is 2. The number of nitrogens with one attached hydrogen (secondary N) is 1. The van der Waals surface area contributed by atoms with Crippen molar-refractivity contribution < 1.29 is 18.7 Å². The Morgan fingerprint density at radius 2 is 1.93 bits per heavy atom. The summed E-state index contributed by atoms with van der Waals surface area (Å²) in [4.78, 5) is 12.6. The summed E-state index contributed by atoms with van der Waals surface area (Å²) in [5, 5.41) is 18.7. The topological polar surface area (TPSA) is 80.3 Å². The van der Waals surface area contributed by atoms with E-state index in [9.17, 15) is 14.3 Å². The van der Waals surface area contributed by atoms with E-state index in [1.807, 2.05) is 24.3 Å². The van der Waals surface area contributed by atoms with Gasteiger partial charge in [-0.2, -0.15) is 5.10 Å². The molecule has 29 heavy (non-hydrogen) atoms. The van der Waals surface area contributed by atoms with Gasteiger partial charge in [0.1, 0.15) is 28.5 Å². The number of aromatic nitrogens is 2. The summed E-state index contributed by atoms with van der Waals surface area (Å²) >= 11 is 0. The summed E-state index contributed by atoms with van der Waals surface area (Å²) in [5.74, 6) is -0.351. The monoisotopic (exact) mass is 393 g/mol. The molecule has 0 saturated carbocycles. The molecule has 2 aromatic heterocycles. The molecule has 0 aliphatic rings. The molecule has 0 spiro atoms. The lowest BCUT2D eigenvalue weighted by Gasteiger charge is -2.21. The molecule has 0 aliphatic heterocycles. The molecule has 1 unspecified atom stereocenters. The highest BCUT2D eigenvalue weighted by molar-refractivity contribution is 5.93. The molecule has 2 aromatic carbocycles. The first-order valence-corrected chi connectivity index (χ1v) is 9.13. The predicted octanol–water partition coefficient (Wildman–Crippen LogP) is 3.61. The first-order chi connectivity index (χ1) is 13.8. The van der Waals surface area contributed by atoms with Gasteiger partial charge in [-0.25, -0.2) is 4.39 Å². The van der Waals surface area contributed by atoms with Crippen molar-refractivity contribution in [1.82, 2.24) is 15.1 Å². The number of amides is 1. The maximum atomic E-state index is 13.1. The lowest BCUT2D eigenvalue weighted by Crippen LogP contribution is -2.39. The highest BCUT2D eigenvalue weighted by Gasteiger charge is 2.29. The van der Waals surface area contributed by atoms with Crippen molar-refractivity contribution in [2.45, 2.75) is 12.5 Å². The highest BCUT2D eigenvalue weighted by atomic mass is 19.1. The third-order valence-electron chi connectivity index (χ3n) is 4.80. The number of para-hydroxylation sites is 1. The van der Waals surface area contributed by atoms with Crippen LogP contribution in [-0.4, -0.2) is 27.3 Å². The van der Waals surface area contributed by atoms with Crippen LogP contribution in [0.4, 0.5) is 4.39 Å². The van der Waals surface area contributed by atoms with Crippen LogP contribution in [0.15, 0.2) is 65.1 Å². The fraction of sp³-hybridized carbons (Fsp3) is 0.182. The summed E-state index contributed by atoms with van der Waals surface area (Å²) in [6, 6.07) is 16.7. The smallest absolute Gasteiger partial charge is 0.269 e.